The number of halogens is 1. The van der Waals surface area contributed by atoms with Crippen LogP contribution in [0.3, 0.4) is 0 Å². The van der Waals surface area contributed by atoms with Crippen molar-refractivity contribution in [1.82, 2.24) is 0 Å². The van der Waals surface area contributed by atoms with Crippen molar-refractivity contribution < 1.29 is 5.11 Å². The second-order valence-electron chi connectivity index (χ2n) is 1.90. The van der Waals surface area contributed by atoms with E-state index in [1.165, 1.54) is 0 Å². The van der Waals surface area contributed by atoms with Crippen molar-refractivity contribution in [2.45, 2.75) is 6.42 Å². The lowest BCUT2D eigenvalue weighted by Crippen LogP contribution is -1.75. The average molecular weight is 231 g/mol. The summed E-state index contributed by atoms with van der Waals surface area (Å²) in [6.07, 6.45) is 0.551. The molecule has 0 radical (unpaired) electrons. The van der Waals surface area contributed by atoms with Crippen molar-refractivity contribution in [3.63, 3.8) is 0 Å². The van der Waals surface area contributed by atoms with E-state index in [9.17, 15) is 0 Å². The van der Waals surface area contributed by atoms with E-state index in [0.29, 0.717) is 6.42 Å². The lowest BCUT2D eigenvalue weighted by molar-refractivity contribution is 0.305. The molecule has 0 aliphatic heterocycles. The Morgan fingerprint density at radius 2 is 2.45 bits per heavy atom. The van der Waals surface area contributed by atoms with Gasteiger partial charge in [-0.1, -0.05) is 11.8 Å². The standard InChI is InChI=1S/C8H7BrOS/c9-7-5-8(11-6-7)3-1-2-4-10/h5-6,10H,2,4H2. The SMILES string of the molecule is OCCC#Cc1cc(Br)cs1. The van der Waals surface area contributed by atoms with Crippen LogP contribution in [0.5, 0.6) is 0 Å². The van der Waals surface area contributed by atoms with E-state index in [0.717, 1.165) is 9.35 Å². The molecule has 0 aliphatic carbocycles. The number of aliphatic hydroxyl groups is 1. The molecule has 0 fully saturated rings. The van der Waals surface area contributed by atoms with Gasteiger partial charge in [0.05, 0.1) is 11.5 Å². The Hall–Kier alpha value is -0.300. The molecule has 1 nitrogen and oxygen atoms in total. The molecule has 0 saturated heterocycles. The van der Waals surface area contributed by atoms with Crippen molar-refractivity contribution in [3.8, 4) is 11.8 Å². The molecular formula is C8H7BrOS. The topological polar surface area (TPSA) is 20.2 Å². The first kappa shape index (κ1) is 8.79. The van der Waals surface area contributed by atoms with Crippen molar-refractivity contribution in [2.24, 2.45) is 0 Å². The quantitative estimate of drug-likeness (QED) is 0.735. The van der Waals surface area contributed by atoms with Crippen LogP contribution in [-0.4, -0.2) is 11.7 Å². The Morgan fingerprint density at radius 1 is 1.64 bits per heavy atom. The molecule has 1 heterocycles. The highest BCUT2D eigenvalue weighted by Crippen LogP contribution is 2.18. The molecule has 0 bridgehead atoms. The van der Waals surface area contributed by atoms with Crippen LogP contribution in [-0.2, 0) is 0 Å². The molecule has 3 heteroatoms. The third-order valence-electron chi connectivity index (χ3n) is 1.02. The fraction of sp³-hybridized carbons (Fsp3) is 0.250. The normalized spacial score (nSPS) is 8.91. The minimum atomic E-state index is 0.138. The van der Waals surface area contributed by atoms with Gasteiger partial charge in [0.2, 0.25) is 0 Å². The first-order chi connectivity index (χ1) is 5.33. The second kappa shape index (κ2) is 4.55. The zero-order valence-electron chi connectivity index (χ0n) is 5.80. The smallest absolute Gasteiger partial charge is 0.0780 e. The summed E-state index contributed by atoms with van der Waals surface area (Å²) in [6.45, 7) is 0.138. The monoisotopic (exact) mass is 230 g/mol. The van der Waals surface area contributed by atoms with Crippen molar-refractivity contribution in [1.29, 1.82) is 0 Å². The van der Waals surface area contributed by atoms with Crippen molar-refractivity contribution in [2.75, 3.05) is 6.61 Å². The molecule has 0 atom stereocenters. The van der Waals surface area contributed by atoms with E-state index in [1.54, 1.807) is 11.3 Å². The maximum absolute atomic E-state index is 8.44. The number of rotatable bonds is 1. The van der Waals surface area contributed by atoms with Gasteiger partial charge in [-0.25, -0.2) is 0 Å². The summed E-state index contributed by atoms with van der Waals surface area (Å²) >= 11 is 4.93. The van der Waals surface area contributed by atoms with Crippen LogP contribution in [0.4, 0.5) is 0 Å². The van der Waals surface area contributed by atoms with Crippen molar-refractivity contribution >= 4 is 27.3 Å². The summed E-state index contributed by atoms with van der Waals surface area (Å²) in [4.78, 5) is 1.03. The van der Waals surface area contributed by atoms with Gasteiger partial charge >= 0.3 is 0 Å². The molecule has 0 amide bonds. The third-order valence-corrected chi connectivity index (χ3v) is 2.62. The van der Waals surface area contributed by atoms with E-state index < -0.39 is 0 Å². The number of thiophene rings is 1. The maximum atomic E-state index is 8.44. The van der Waals surface area contributed by atoms with Crippen LogP contribution < -0.4 is 0 Å². The second-order valence-corrected chi connectivity index (χ2v) is 3.73. The van der Waals surface area contributed by atoms with Gasteiger partial charge in [0.25, 0.3) is 0 Å². The van der Waals surface area contributed by atoms with E-state index in [1.807, 2.05) is 11.4 Å². The summed E-state index contributed by atoms with van der Waals surface area (Å²) in [5, 5.41) is 10.4. The van der Waals surface area contributed by atoms with Crippen LogP contribution >= 0.6 is 27.3 Å². The zero-order valence-corrected chi connectivity index (χ0v) is 8.20. The summed E-state index contributed by atoms with van der Waals surface area (Å²) in [6, 6.07) is 1.97. The van der Waals surface area contributed by atoms with Gasteiger partial charge in [-0.2, -0.15) is 0 Å². The molecule has 1 N–H and O–H groups in total. The summed E-state index contributed by atoms with van der Waals surface area (Å²) in [7, 11) is 0. The first-order valence-electron chi connectivity index (χ1n) is 3.16. The third kappa shape index (κ3) is 3.06. The number of aliphatic hydroxyl groups excluding tert-OH is 1. The van der Waals surface area contributed by atoms with Gasteiger partial charge in [-0.15, -0.1) is 11.3 Å². The Bertz CT molecular complexity index is 282. The Labute approximate surface area is 78.2 Å². The molecule has 0 spiro atoms. The lowest BCUT2D eigenvalue weighted by atomic mass is 10.4. The molecule has 0 aliphatic rings. The van der Waals surface area contributed by atoms with Crippen LogP contribution in [0.25, 0.3) is 0 Å². The van der Waals surface area contributed by atoms with E-state index in [2.05, 4.69) is 27.8 Å². The van der Waals surface area contributed by atoms with E-state index >= 15 is 0 Å². The minimum absolute atomic E-state index is 0.138. The van der Waals surface area contributed by atoms with Gasteiger partial charge < -0.3 is 5.11 Å². The molecule has 1 aromatic heterocycles. The largest absolute Gasteiger partial charge is 0.395 e. The fourth-order valence-electron chi connectivity index (χ4n) is 0.584. The van der Waals surface area contributed by atoms with Crippen molar-refractivity contribution in [3.05, 3.63) is 20.8 Å². The summed E-state index contributed by atoms with van der Waals surface area (Å²) < 4.78 is 1.07. The fourth-order valence-corrected chi connectivity index (χ4v) is 1.88. The van der Waals surface area contributed by atoms with Gasteiger partial charge in [0, 0.05) is 16.3 Å². The highest BCUT2D eigenvalue weighted by molar-refractivity contribution is 9.10. The van der Waals surface area contributed by atoms with Gasteiger partial charge in [-0.05, 0) is 22.0 Å². The van der Waals surface area contributed by atoms with Gasteiger partial charge in [0.1, 0.15) is 0 Å². The Morgan fingerprint density at radius 3 is 3.00 bits per heavy atom. The Kier molecular flexibility index (Phi) is 3.64. The predicted octanol–water partition coefficient (Wildman–Crippen LogP) is 2.24. The highest BCUT2D eigenvalue weighted by atomic mass is 79.9. The van der Waals surface area contributed by atoms with E-state index in [4.69, 9.17) is 5.11 Å². The lowest BCUT2D eigenvalue weighted by Gasteiger charge is -1.77. The van der Waals surface area contributed by atoms with Crippen LogP contribution in [0.1, 0.15) is 11.3 Å². The Balaban J connectivity index is 2.59. The highest BCUT2D eigenvalue weighted by Gasteiger charge is 1.90. The zero-order chi connectivity index (χ0) is 8.10. The van der Waals surface area contributed by atoms with Gasteiger partial charge in [0.15, 0.2) is 0 Å². The summed E-state index contributed by atoms with van der Waals surface area (Å²) in [5.41, 5.74) is 0. The minimum Gasteiger partial charge on any atom is -0.395 e. The number of hydrogen-bond donors (Lipinski definition) is 1. The molecular weight excluding hydrogens is 224 g/mol. The van der Waals surface area contributed by atoms with Crippen LogP contribution in [0.15, 0.2) is 15.9 Å². The summed E-state index contributed by atoms with van der Waals surface area (Å²) in [5.74, 6) is 5.80. The number of hydrogen-bond acceptors (Lipinski definition) is 2. The maximum Gasteiger partial charge on any atom is 0.0780 e. The average Bonchev–Trinajstić information content (AvgIpc) is 2.37. The van der Waals surface area contributed by atoms with Gasteiger partial charge in [-0.3, -0.25) is 0 Å². The molecule has 11 heavy (non-hydrogen) atoms. The molecule has 0 aromatic carbocycles. The van der Waals surface area contributed by atoms with E-state index in [-0.39, 0.29) is 6.61 Å². The molecule has 58 valence electrons. The predicted molar refractivity (Wildman–Crippen MR) is 50.6 cm³/mol. The molecule has 0 unspecified atom stereocenters. The van der Waals surface area contributed by atoms with Crippen LogP contribution in [0, 0.1) is 11.8 Å². The molecule has 1 rings (SSSR count). The molecule has 1 aromatic rings. The first-order valence-corrected chi connectivity index (χ1v) is 4.84. The van der Waals surface area contributed by atoms with Crippen LogP contribution in [0.2, 0.25) is 0 Å². The molecule has 0 saturated carbocycles.